The molecule has 112 valence electrons. The van der Waals surface area contributed by atoms with Crippen LogP contribution in [-0.2, 0) is 16.0 Å². The van der Waals surface area contributed by atoms with Crippen molar-refractivity contribution in [3.8, 4) is 0 Å². The average molecular weight is 307 g/mol. The summed E-state index contributed by atoms with van der Waals surface area (Å²) < 4.78 is 0. The number of carbonyl (C=O) groups is 3. The average Bonchev–Trinajstić information content (AvgIpc) is 3.03. The maximum atomic E-state index is 12.0. The number of hydrogen-bond donors (Lipinski definition) is 0. The van der Waals surface area contributed by atoms with Gasteiger partial charge in [-0.3, -0.25) is 19.4 Å². The van der Waals surface area contributed by atoms with Gasteiger partial charge in [0.15, 0.2) is 0 Å². The Morgan fingerprint density at radius 2 is 2.05 bits per heavy atom. The van der Waals surface area contributed by atoms with Crippen LogP contribution in [0.25, 0.3) is 0 Å². The topological polar surface area (TPSA) is 60.9 Å². The van der Waals surface area contributed by atoms with Gasteiger partial charge in [0.1, 0.15) is 0 Å². The van der Waals surface area contributed by atoms with Gasteiger partial charge in [-0.25, -0.2) is 9.69 Å². The lowest BCUT2D eigenvalue weighted by Crippen LogP contribution is -2.45. The fraction of sp³-hybridized carbons (Fsp3) is 0.500. The lowest BCUT2D eigenvalue weighted by Gasteiger charge is -2.36. The van der Waals surface area contributed by atoms with E-state index in [4.69, 9.17) is 0 Å². The lowest BCUT2D eigenvalue weighted by atomic mass is 9.98. The largest absolute Gasteiger partial charge is 0.335 e. The zero-order valence-corrected chi connectivity index (χ0v) is 12.9. The monoisotopic (exact) mass is 307 g/mol. The smallest absolute Gasteiger partial charge is 0.278 e. The first kappa shape index (κ1) is 14.2. The van der Waals surface area contributed by atoms with E-state index in [1.165, 1.54) is 17.5 Å². The van der Waals surface area contributed by atoms with Gasteiger partial charge in [0.05, 0.1) is 6.67 Å². The Morgan fingerprint density at radius 1 is 1.29 bits per heavy atom. The van der Waals surface area contributed by atoms with Crippen LogP contribution in [0.2, 0.25) is 0 Å². The number of urea groups is 1. The SMILES string of the molecule is CC[C@H]1c2ccsc2CCN1CN1C(=O)C(=O)N(C)C1=O. The van der Waals surface area contributed by atoms with E-state index < -0.39 is 17.8 Å². The number of nitrogens with zero attached hydrogens (tertiary/aromatic N) is 3. The molecule has 3 rings (SSSR count). The molecule has 4 amide bonds. The quantitative estimate of drug-likeness (QED) is 0.626. The van der Waals surface area contributed by atoms with E-state index in [9.17, 15) is 14.4 Å². The van der Waals surface area contributed by atoms with Gasteiger partial charge in [-0.05, 0) is 29.9 Å². The molecule has 0 N–H and O–H groups in total. The second kappa shape index (κ2) is 5.23. The van der Waals surface area contributed by atoms with Crippen molar-refractivity contribution in [1.29, 1.82) is 0 Å². The molecule has 21 heavy (non-hydrogen) atoms. The van der Waals surface area contributed by atoms with Gasteiger partial charge < -0.3 is 0 Å². The van der Waals surface area contributed by atoms with E-state index in [2.05, 4.69) is 23.3 Å². The molecule has 2 aliphatic heterocycles. The number of thiophene rings is 1. The molecule has 2 aliphatic rings. The van der Waals surface area contributed by atoms with Crippen LogP contribution in [0, 0.1) is 0 Å². The van der Waals surface area contributed by atoms with Crippen molar-refractivity contribution in [3.63, 3.8) is 0 Å². The second-order valence-corrected chi connectivity index (χ2v) is 6.31. The van der Waals surface area contributed by atoms with Crippen LogP contribution in [0.15, 0.2) is 11.4 Å². The van der Waals surface area contributed by atoms with Gasteiger partial charge in [-0.2, -0.15) is 0 Å². The van der Waals surface area contributed by atoms with Crippen LogP contribution < -0.4 is 0 Å². The summed E-state index contributed by atoms with van der Waals surface area (Å²) in [6.45, 7) is 3.07. The van der Waals surface area contributed by atoms with Gasteiger partial charge in [-0.1, -0.05) is 6.92 Å². The molecule has 0 aromatic carbocycles. The third-order valence-electron chi connectivity index (χ3n) is 4.17. The highest BCUT2D eigenvalue weighted by Crippen LogP contribution is 2.35. The Hall–Kier alpha value is -1.73. The summed E-state index contributed by atoms with van der Waals surface area (Å²) >= 11 is 1.75. The van der Waals surface area contributed by atoms with Crippen LogP contribution in [0.4, 0.5) is 4.79 Å². The zero-order valence-electron chi connectivity index (χ0n) is 12.0. The summed E-state index contributed by atoms with van der Waals surface area (Å²) in [5, 5.41) is 2.08. The lowest BCUT2D eigenvalue weighted by molar-refractivity contribution is -0.143. The normalized spacial score (nSPS) is 23.1. The molecule has 0 bridgehead atoms. The van der Waals surface area contributed by atoms with Crippen molar-refractivity contribution < 1.29 is 14.4 Å². The van der Waals surface area contributed by atoms with E-state index in [0.717, 1.165) is 29.2 Å². The first-order valence-electron chi connectivity index (χ1n) is 6.98. The molecule has 0 aliphatic carbocycles. The molecule has 3 heterocycles. The first-order chi connectivity index (χ1) is 10.0. The molecular formula is C14H17N3O3S. The van der Waals surface area contributed by atoms with Gasteiger partial charge in [0, 0.05) is 24.5 Å². The van der Waals surface area contributed by atoms with Gasteiger partial charge in [0.2, 0.25) is 0 Å². The van der Waals surface area contributed by atoms with Gasteiger partial charge in [-0.15, -0.1) is 11.3 Å². The Bertz CT molecular complexity index is 612. The second-order valence-electron chi connectivity index (χ2n) is 5.31. The minimum Gasteiger partial charge on any atom is -0.278 e. The minimum atomic E-state index is -0.749. The number of amides is 4. The highest BCUT2D eigenvalue weighted by molar-refractivity contribution is 7.10. The van der Waals surface area contributed by atoms with E-state index in [1.807, 2.05) is 0 Å². The summed E-state index contributed by atoms with van der Waals surface area (Å²) in [6.07, 6.45) is 1.83. The molecule has 1 aromatic heterocycles. The molecule has 0 spiro atoms. The summed E-state index contributed by atoms with van der Waals surface area (Å²) in [7, 11) is 1.34. The van der Waals surface area contributed by atoms with Crippen molar-refractivity contribution in [2.75, 3.05) is 20.3 Å². The summed E-state index contributed by atoms with van der Waals surface area (Å²) in [6, 6.07) is 1.78. The molecule has 6 nitrogen and oxygen atoms in total. The summed E-state index contributed by atoms with van der Waals surface area (Å²) in [5.41, 5.74) is 1.28. The van der Waals surface area contributed by atoms with E-state index >= 15 is 0 Å². The Kier molecular flexibility index (Phi) is 3.54. The van der Waals surface area contributed by atoms with Crippen molar-refractivity contribution in [1.82, 2.24) is 14.7 Å². The molecule has 0 unspecified atom stereocenters. The Labute approximate surface area is 126 Å². The molecule has 0 saturated carbocycles. The molecule has 0 radical (unpaired) electrons. The number of carbonyl (C=O) groups excluding carboxylic acids is 3. The van der Waals surface area contributed by atoms with Crippen LogP contribution >= 0.6 is 11.3 Å². The van der Waals surface area contributed by atoms with E-state index in [0.29, 0.717) is 0 Å². The van der Waals surface area contributed by atoms with Crippen LogP contribution in [0.1, 0.15) is 29.8 Å². The maximum Gasteiger partial charge on any atom is 0.335 e. The number of rotatable bonds is 3. The summed E-state index contributed by atoms with van der Waals surface area (Å²) in [4.78, 5) is 40.8. The van der Waals surface area contributed by atoms with Crippen LogP contribution in [0.5, 0.6) is 0 Å². The molecule has 7 heteroatoms. The van der Waals surface area contributed by atoms with Crippen molar-refractivity contribution >= 4 is 29.2 Å². The number of likely N-dealkylation sites (N-methyl/N-ethyl adjacent to an activating group) is 1. The molecular weight excluding hydrogens is 290 g/mol. The third-order valence-corrected chi connectivity index (χ3v) is 5.16. The van der Waals surface area contributed by atoms with Crippen LogP contribution in [0.3, 0.4) is 0 Å². The minimum absolute atomic E-state index is 0.182. The van der Waals surface area contributed by atoms with Crippen LogP contribution in [-0.4, -0.2) is 52.8 Å². The Morgan fingerprint density at radius 3 is 2.67 bits per heavy atom. The fourth-order valence-electron chi connectivity index (χ4n) is 3.02. The number of imide groups is 2. The van der Waals surface area contributed by atoms with Gasteiger partial charge in [0.25, 0.3) is 0 Å². The molecule has 1 saturated heterocycles. The fourth-order valence-corrected chi connectivity index (χ4v) is 3.94. The predicted molar refractivity (Wildman–Crippen MR) is 77.6 cm³/mol. The third kappa shape index (κ3) is 2.16. The standard InChI is InChI=1S/C14H17N3O3S/c1-3-10-9-5-7-21-11(9)4-6-16(10)8-17-13(19)12(18)15(2)14(17)20/h5,7,10H,3-4,6,8H2,1-2H3/t10-/m0/s1. The molecule has 1 fully saturated rings. The van der Waals surface area contributed by atoms with E-state index in [1.54, 1.807) is 11.3 Å². The van der Waals surface area contributed by atoms with E-state index in [-0.39, 0.29) is 12.7 Å². The molecule has 1 aromatic rings. The van der Waals surface area contributed by atoms with Crippen molar-refractivity contribution in [2.24, 2.45) is 0 Å². The zero-order chi connectivity index (χ0) is 15.1. The maximum absolute atomic E-state index is 12.0. The first-order valence-corrected chi connectivity index (χ1v) is 7.86. The van der Waals surface area contributed by atoms with Crippen molar-refractivity contribution in [2.45, 2.75) is 25.8 Å². The predicted octanol–water partition coefficient (Wildman–Crippen LogP) is 1.44. The summed E-state index contributed by atoms with van der Waals surface area (Å²) in [5.74, 6) is -1.48. The highest BCUT2D eigenvalue weighted by Gasteiger charge is 2.43. The highest BCUT2D eigenvalue weighted by atomic mass is 32.1. The Balaban J connectivity index is 1.81. The number of fused-ring (bicyclic) bond motifs is 1. The molecule has 1 atom stereocenters. The van der Waals surface area contributed by atoms with Crippen molar-refractivity contribution in [3.05, 3.63) is 21.9 Å². The van der Waals surface area contributed by atoms with Gasteiger partial charge >= 0.3 is 17.8 Å². The number of hydrogen-bond acceptors (Lipinski definition) is 5.